The van der Waals surface area contributed by atoms with Crippen LogP contribution in [0, 0.1) is 0 Å². The summed E-state index contributed by atoms with van der Waals surface area (Å²) in [4.78, 5) is 13.0. The summed E-state index contributed by atoms with van der Waals surface area (Å²) in [5, 5.41) is 11.5. The van der Waals surface area contributed by atoms with Crippen molar-refractivity contribution < 1.29 is 0 Å². The molecular weight excluding hydrogens is 136 g/mol. The minimum absolute atomic E-state index is 0.0856. The number of H-pyrrole nitrogens is 1. The van der Waals surface area contributed by atoms with Crippen molar-refractivity contribution in [1.82, 2.24) is 15.4 Å². The van der Waals surface area contributed by atoms with E-state index >= 15 is 0 Å². The zero-order valence-electron chi connectivity index (χ0n) is 4.72. The first-order chi connectivity index (χ1) is 4.84. The topological polar surface area (TPSA) is 107 Å². The van der Waals surface area contributed by atoms with Crippen molar-refractivity contribution in [3.05, 3.63) is 27.0 Å². The Labute approximate surface area is 54.3 Å². The first-order valence-corrected chi connectivity index (χ1v) is 2.30. The van der Waals surface area contributed by atoms with Gasteiger partial charge in [0.05, 0.1) is 6.20 Å². The third-order valence-electron chi connectivity index (χ3n) is 0.774. The Morgan fingerprint density at radius 1 is 1.80 bits per heavy atom. The summed E-state index contributed by atoms with van der Waals surface area (Å²) >= 11 is 0. The van der Waals surface area contributed by atoms with E-state index in [1.165, 1.54) is 0 Å². The minimum Gasteiger partial charge on any atom is -0.267 e. The fraction of sp³-hybridized carbons (Fsp3) is 0. The molecule has 0 unspecified atom stereocenters. The van der Waals surface area contributed by atoms with E-state index in [9.17, 15) is 4.79 Å². The molecule has 0 radical (unpaired) electrons. The van der Waals surface area contributed by atoms with Gasteiger partial charge >= 0.3 is 0 Å². The van der Waals surface area contributed by atoms with E-state index in [0.29, 0.717) is 0 Å². The molecule has 0 aromatic carbocycles. The van der Waals surface area contributed by atoms with Gasteiger partial charge in [-0.1, -0.05) is 10.3 Å². The van der Waals surface area contributed by atoms with Gasteiger partial charge in [-0.25, -0.2) is 5.10 Å². The molecule has 7 nitrogen and oxygen atoms in total. The van der Waals surface area contributed by atoms with E-state index in [1.807, 2.05) is 5.10 Å². The van der Waals surface area contributed by atoms with Crippen molar-refractivity contribution >= 4 is 5.69 Å². The van der Waals surface area contributed by atoms with Crippen molar-refractivity contribution in [2.24, 2.45) is 5.11 Å². The second-order valence-corrected chi connectivity index (χ2v) is 1.36. The van der Waals surface area contributed by atoms with Gasteiger partial charge in [0.15, 0.2) is 0 Å². The van der Waals surface area contributed by atoms with Crippen LogP contribution in [0.2, 0.25) is 0 Å². The Balaban J connectivity index is 3.28. The molecule has 1 aromatic heterocycles. The van der Waals surface area contributed by atoms with Crippen LogP contribution < -0.4 is 5.56 Å². The van der Waals surface area contributed by atoms with Gasteiger partial charge in [0.1, 0.15) is 5.69 Å². The molecule has 0 amide bonds. The molecule has 1 rings (SSSR count). The normalized spacial score (nSPS) is 8.40. The van der Waals surface area contributed by atoms with Gasteiger partial charge in [0.2, 0.25) is 0 Å². The molecule has 0 saturated carbocycles. The molecule has 0 aliphatic carbocycles. The lowest BCUT2D eigenvalue weighted by molar-refractivity contribution is 0.840. The van der Waals surface area contributed by atoms with Gasteiger partial charge in [-0.15, -0.1) is 5.10 Å². The Morgan fingerprint density at radius 2 is 2.60 bits per heavy atom. The van der Waals surface area contributed by atoms with Crippen molar-refractivity contribution in [3.8, 4) is 0 Å². The van der Waals surface area contributed by atoms with Crippen LogP contribution in [-0.2, 0) is 0 Å². The number of nitrogens with zero attached hydrogens (tertiary/aromatic N) is 5. The summed E-state index contributed by atoms with van der Waals surface area (Å²) in [5.74, 6) is 0. The lowest BCUT2D eigenvalue weighted by Crippen LogP contribution is -2.07. The maximum absolute atomic E-state index is 10.6. The lowest BCUT2D eigenvalue weighted by Gasteiger charge is -1.82. The summed E-state index contributed by atoms with van der Waals surface area (Å²) in [7, 11) is 0. The standard InChI is InChI=1S/C3H2N6O/c4-8-6-2-1-5-9-7-3(2)10/h1H,(H,5,7,10). The van der Waals surface area contributed by atoms with Crippen molar-refractivity contribution in [1.29, 1.82) is 0 Å². The average Bonchev–Trinajstić information content (AvgIpc) is 1.94. The van der Waals surface area contributed by atoms with Gasteiger partial charge in [-0.05, 0) is 5.53 Å². The van der Waals surface area contributed by atoms with Crippen LogP contribution in [0.3, 0.4) is 0 Å². The number of rotatable bonds is 1. The molecule has 0 spiro atoms. The summed E-state index contributed by atoms with van der Waals surface area (Å²) in [5.41, 5.74) is 7.27. The largest absolute Gasteiger partial charge is 0.276 e. The Kier molecular flexibility index (Phi) is 1.63. The molecular formula is C3H2N6O. The fourth-order valence-corrected chi connectivity index (χ4v) is 0.393. The van der Waals surface area contributed by atoms with Crippen molar-refractivity contribution in [2.45, 2.75) is 0 Å². The number of azide groups is 1. The van der Waals surface area contributed by atoms with E-state index in [0.717, 1.165) is 6.20 Å². The van der Waals surface area contributed by atoms with Crippen LogP contribution in [0.25, 0.3) is 10.4 Å². The number of aromatic amines is 1. The molecule has 1 aromatic rings. The van der Waals surface area contributed by atoms with Crippen molar-refractivity contribution in [2.75, 3.05) is 0 Å². The van der Waals surface area contributed by atoms with Gasteiger partial charge in [-0.3, -0.25) is 4.79 Å². The van der Waals surface area contributed by atoms with E-state index in [-0.39, 0.29) is 5.69 Å². The number of nitrogens with one attached hydrogen (secondary N) is 1. The monoisotopic (exact) mass is 138 g/mol. The van der Waals surface area contributed by atoms with Crippen molar-refractivity contribution in [3.63, 3.8) is 0 Å². The molecule has 50 valence electrons. The first-order valence-electron chi connectivity index (χ1n) is 2.30. The lowest BCUT2D eigenvalue weighted by atomic mass is 10.6. The smallest absolute Gasteiger partial charge is 0.267 e. The van der Waals surface area contributed by atoms with E-state index in [1.54, 1.807) is 0 Å². The highest BCUT2D eigenvalue weighted by Gasteiger charge is 1.92. The highest BCUT2D eigenvalue weighted by molar-refractivity contribution is 5.27. The maximum Gasteiger partial charge on any atom is 0.276 e. The van der Waals surface area contributed by atoms with Gasteiger partial charge in [-0.2, -0.15) is 0 Å². The molecule has 0 aliphatic rings. The predicted octanol–water partition coefficient (Wildman–Crippen LogP) is 0.107. The predicted molar refractivity (Wildman–Crippen MR) is 31.5 cm³/mol. The molecule has 0 aliphatic heterocycles. The van der Waals surface area contributed by atoms with Crippen LogP contribution in [-0.4, -0.2) is 15.4 Å². The molecule has 0 saturated heterocycles. The average molecular weight is 138 g/mol. The van der Waals surface area contributed by atoms with Gasteiger partial charge in [0.25, 0.3) is 5.56 Å². The highest BCUT2D eigenvalue weighted by atomic mass is 16.1. The molecule has 0 atom stereocenters. The summed E-state index contributed by atoms with van der Waals surface area (Å²) in [6.07, 6.45) is 1.08. The van der Waals surface area contributed by atoms with Gasteiger partial charge in [0, 0.05) is 4.91 Å². The van der Waals surface area contributed by atoms with Crippen LogP contribution in [0.4, 0.5) is 5.69 Å². The Hall–Kier alpha value is -1.88. The number of aromatic nitrogens is 3. The quantitative estimate of drug-likeness (QED) is 0.338. The second kappa shape index (κ2) is 2.60. The van der Waals surface area contributed by atoms with E-state index in [4.69, 9.17) is 5.53 Å². The summed E-state index contributed by atoms with van der Waals surface area (Å²) < 4.78 is 0. The molecule has 10 heavy (non-hydrogen) atoms. The SMILES string of the molecule is [N-]=[N+]=Nc1cnn[nH]c1=O. The van der Waals surface area contributed by atoms with Crippen LogP contribution in [0.1, 0.15) is 0 Å². The number of hydrogen-bond donors (Lipinski definition) is 1. The van der Waals surface area contributed by atoms with Crippen LogP contribution >= 0.6 is 0 Å². The first kappa shape index (κ1) is 6.24. The summed E-state index contributed by atoms with van der Waals surface area (Å²) in [6.45, 7) is 0. The van der Waals surface area contributed by atoms with Crippen LogP contribution in [0.15, 0.2) is 16.1 Å². The van der Waals surface area contributed by atoms with E-state index < -0.39 is 5.56 Å². The third-order valence-corrected chi connectivity index (χ3v) is 0.774. The van der Waals surface area contributed by atoms with Gasteiger partial charge < -0.3 is 0 Å². The molecule has 1 heterocycles. The minimum atomic E-state index is -0.548. The zero-order chi connectivity index (χ0) is 7.40. The Morgan fingerprint density at radius 3 is 3.20 bits per heavy atom. The molecule has 0 fully saturated rings. The van der Waals surface area contributed by atoms with Crippen LogP contribution in [0.5, 0.6) is 0 Å². The Bertz CT molecular complexity index is 322. The zero-order valence-corrected chi connectivity index (χ0v) is 4.72. The fourth-order valence-electron chi connectivity index (χ4n) is 0.393. The highest BCUT2D eigenvalue weighted by Crippen LogP contribution is 1.96. The third kappa shape index (κ3) is 1.09. The van der Waals surface area contributed by atoms with E-state index in [2.05, 4.69) is 20.3 Å². The summed E-state index contributed by atoms with van der Waals surface area (Å²) in [6, 6.07) is 0. The number of hydrogen-bond acceptors (Lipinski definition) is 4. The molecule has 7 heteroatoms. The molecule has 1 N–H and O–H groups in total. The maximum atomic E-state index is 10.6. The second-order valence-electron chi connectivity index (χ2n) is 1.36. The molecule has 0 bridgehead atoms.